The zero-order chi connectivity index (χ0) is 21.1. The van der Waals surface area contributed by atoms with Crippen LogP contribution in [-0.2, 0) is 6.54 Å². The Labute approximate surface area is 170 Å². The van der Waals surface area contributed by atoms with Gasteiger partial charge in [0.1, 0.15) is 0 Å². The fourth-order valence-electron chi connectivity index (χ4n) is 3.14. The molecule has 4 aromatic rings. The van der Waals surface area contributed by atoms with E-state index in [-0.39, 0.29) is 16.8 Å². The van der Waals surface area contributed by atoms with Crippen molar-refractivity contribution in [1.82, 2.24) is 30.8 Å². The molecule has 0 atom stereocenters. The average molecular weight is 402 g/mol. The molecule has 150 valence electrons. The first-order valence-electron chi connectivity index (χ1n) is 9.29. The van der Waals surface area contributed by atoms with Crippen molar-refractivity contribution in [1.29, 1.82) is 0 Å². The van der Waals surface area contributed by atoms with Crippen molar-refractivity contribution in [2.45, 2.75) is 13.5 Å². The summed E-state index contributed by atoms with van der Waals surface area (Å²) in [4.78, 5) is 37.8. The number of aromatic nitrogens is 4. The molecule has 0 unspecified atom stereocenters. The van der Waals surface area contributed by atoms with Gasteiger partial charge in [0.25, 0.3) is 17.4 Å². The van der Waals surface area contributed by atoms with E-state index in [1.807, 2.05) is 30.3 Å². The lowest BCUT2D eigenvalue weighted by atomic mass is 10.1. The van der Waals surface area contributed by atoms with Gasteiger partial charge >= 0.3 is 0 Å². The van der Waals surface area contributed by atoms with Gasteiger partial charge in [0.2, 0.25) is 0 Å². The van der Waals surface area contributed by atoms with Crippen molar-refractivity contribution in [3.05, 3.63) is 82.4 Å². The summed E-state index contributed by atoms with van der Waals surface area (Å²) in [6.45, 7) is 2.07. The Bertz CT molecular complexity index is 1290. The molecule has 2 aromatic heterocycles. The molecule has 0 aliphatic rings. The first kappa shape index (κ1) is 19.1. The normalized spacial score (nSPS) is 10.7. The molecule has 0 radical (unpaired) electrons. The third-order valence-electron chi connectivity index (χ3n) is 4.62. The summed E-state index contributed by atoms with van der Waals surface area (Å²) in [6, 6.07) is 16.0. The van der Waals surface area contributed by atoms with E-state index in [1.165, 1.54) is 10.9 Å². The highest BCUT2D eigenvalue weighted by Crippen LogP contribution is 2.20. The monoisotopic (exact) mass is 402 g/mol. The molecule has 2 aromatic carbocycles. The Morgan fingerprint density at radius 3 is 2.37 bits per heavy atom. The number of rotatable bonds is 4. The van der Waals surface area contributed by atoms with Crippen molar-refractivity contribution < 1.29 is 9.59 Å². The van der Waals surface area contributed by atoms with E-state index in [0.29, 0.717) is 23.0 Å². The van der Waals surface area contributed by atoms with Crippen molar-refractivity contribution in [3.63, 3.8) is 0 Å². The van der Waals surface area contributed by atoms with E-state index in [1.54, 1.807) is 31.2 Å². The highest BCUT2D eigenvalue weighted by atomic mass is 16.2. The number of benzene rings is 2. The molecule has 0 aliphatic carbocycles. The predicted molar refractivity (Wildman–Crippen MR) is 111 cm³/mol. The second-order valence-electron chi connectivity index (χ2n) is 6.45. The van der Waals surface area contributed by atoms with Crippen LogP contribution in [0.1, 0.15) is 27.8 Å². The fourth-order valence-corrected chi connectivity index (χ4v) is 3.14. The van der Waals surface area contributed by atoms with E-state index < -0.39 is 11.8 Å². The minimum absolute atomic E-state index is 0.0443. The molecule has 2 amide bonds. The zero-order valence-electron chi connectivity index (χ0n) is 16.0. The van der Waals surface area contributed by atoms with Gasteiger partial charge in [-0.1, -0.05) is 48.5 Å². The highest BCUT2D eigenvalue weighted by Gasteiger charge is 2.19. The maximum absolute atomic E-state index is 12.7. The molecule has 0 bridgehead atoms. The minimum Gasteiger partial charge on any atom is -0.277 e. The van der Waals surface area contributed by atoms with Gasteiger partial charge in [-0.25, -0.2) is 4.68 Å². The number of H-pyrrole nitrogens is 1. The lowest BCUT2D eigenvalue weighted by molar-refractivity contribution is 0.0844. The van der Waals surface area contributed by atoms with Gasteiger partial charge in [0.05, 0.1) is 22.8 Å². The summed E-state index contributed by atoms with van der Waals surface area (Å²) in [5.74, 6) is -1.17. The van der Waals surface area contributed by atoms with Gasteiger partial charge in [0, 0.05) is 17.5 Å². The zero-order valence-corrected chi connectivity index (χ0v) is 16.0. The van der Waals surface area contributed by atoms with E-state index in [9.17, 15) is 14.4 Å². The van der Waals surface area contributed by atoms with Crippen molar-refractivity contribution in [2.75, 3.05) is 0 Å². The van der Waals surface area contributed by atoms with Crippen LogP contribution >= 0.6 is 0 Å². The Morgan fingerprint density at radius 2 is 1.63 bits per heavy atom. The molecule has 30 heavy (non-hydrogen) atoms. The SMILES string of the molecule is CCn1nc(C(=O)NNC(=O)c2cn[nH]c2-c2ccccc2)c2ccccc2c1=O. The summed E-state index contributed by atoms with van der Waals surface area (Å²) in [5.41, 5.74) is 6.12. The predicted octanol–water partition coefficient (Wildman–Crippen LogP) is 1.88. The maximum atomic E-state index is 12.7. The first-order valence-corrected chi connectivity index (χ1v) is 9.29. The number of nitrogens with zero attached hydrogens (tertiary/aromatic N) is 3. The number of nitrogens with one attached hydrogen (secondary N) is 3. The summed E-state index contributed by atoms with van der Waals surface area (Å²) in [7, 11) is 0. The quantitative estimate of drug-likeness (QED) is 0.450. The van der Waals surface area contributed by atoms with Gasteiger partial charge in [0.15, 0.2) is 5.69 Å². The number of hydrogen-bond acceptors (Lipinski definition) is 5. The summed E-state index contributed by atoms with van der Waals surface area (Å²) < 4.78 is 1.21. The number of aromatic amines is 1. The van der Waals surface area contributed by atoms with Crippen LogP contribution in [0.4, 0.5) is 0 Å². The van der Waals surface area contributed by atoms with Crippen LogP contribution in [-0.4, -0.2) is 31.8 Å². The van der Waals surface area contributed by atoms with Crippen LogP contribution in [0.3, 0.4) is 0 Å². The maximum Gasteiger partial charge on any atom is 0.290 e. The van der Waals surface area contributed by atoms with Crippen molar-refractivity contribution in [3.8, 4) is 11.3 Å². The molecular weight excluding hydrogens is 384 g/mol. The van der Waals surface area contributed by atoms with E-state index in [2.05, 4.69) is 26.1 Å². The van der Waals surface area contributed by atoms with Crippen molar-refractivity contribution >= 4 is 22.6 Å². The van der Waals surface area contributed by atoms with Crippen LogP contribution in [0.5, 0.6) is 0 Å². The Hall–Kier alpha value is -4.27. The molecule has 4 rings (SSSR count). The summed E-state index contributed by atoms with van der Waals surface area (Å²) in [5, 5.41) is 11.7. The molecule has 9 heteroatoms. The van der Waals surface area contributed by atoms with Gasteiger partial charge in [-0.15, -0.1) is 0 Å². The third-order valence-corrected chi connectivity index (χ3v) is 4.62. The fraction of sp³-hybridized carbons (Fsp3) is 0.0952. The lowest BCUT2D eigenvalue weighted by Gasteiger charge is -2.11. The average Bonchev–Trinajstić information content (AvgIpc) is 3.28. The summed E-state index contributed by atoms with van der Waals surface area (Å²) >= 11 is 0. The van der Waals surface area contributed by atoms with Crippen LogP contribution in [0.15, 0.2) is 65.6 Å². The van der Waals surface area contributed by atoms with Gasteiger partial charge in [-0.3, -0.25) is 30.3 Å². The van der Waals surface area contributed by atoms with Crippen molar-refractivity contribution in [2.24, 2.45) is 0 Å². The highest BCUT2D eigenvalue weighted by molar-refractivity contribution is 6.06. The number of carbonyl (C=O) groups excluding carboxylic acids is 2. The van der Waals surface area contributed by atoms with E-state index in [0.717, 1.165) is 5.56 Å². The second-order valence-corrected chi connectivity index (χ2v) is 6.45. The van der Waals surface area contributed by atoms with Gasteiger partial charge in [-0.05, 0) is 13.0 Å². The van der Waals surface area contributed by atoms with Gasteiger partial charge < -0.3 is 0 Å². The smallest absolute Gasteiger partial charge is 0.277 e. The molecule has 0 spiro atoms. The number of aryl methyl sites for hydroxylation is 1. The Balaban J connectivity index is 1.58. The van der Waals surface area contributed by atoms with Crippen LogP contribution in [0.2, 0.25) is 0 Å². The molecule has 9 nitrogen and oxygen atoms in total. The molecule has 2 heterocycles. The number of hydrogen-bond donors (Lipinski definition) is 3. The molecular formula is C21H18N6O3. The number of carbonyl (C=O) groups is 2. The second kappa shape index (κ2) is 8.00. The molecule has 0 saturated heterocycles. The minimum atomic E-state index is -0.633. The number of amides is 2. The topological polar surface area (TPSA) is 122 Å². The molecule has 0 saturated carbocycles. The van der Waals surface area contributed by atoms with Gasteiger partial charge in [-0.2, -0.15) is 10.2 Å². The van der Waals surface area contributed by atoms with Crippen LogP contribution in [0.25, 0.3) is 22.0 Å². The molecule has 0 aliphatic heterocycles. The number of fused-ring (bicyclic) bond motifs is 1. The number of hydrazine groups is 1. The Morgan fingerprint density at radius 1 is 0.967 bits per heavy atom. The van der Waals surface area contributed by atoms with Crippen LogP contribution < -0.4 is 16.4 Å². The van der Waals surface area contributed by atoms with Crippen LogP contribution in [0, 0.1) is 0 Å². The molecule has 0 fully saturated rings. The lowest BCUT2D eigenvalue weighted by Crippen LogP contribution is -2.42. The molecule has 3 N–H and O–H groups in total. The third kappa shape index (κ3) is 3.44. The van der Waals surface area contributed by atoms with E-state index in [4.69, 9.17) is 0 Å². The standard InChI is InChI=1S/C21H18N6O3/c1-2-27-21(30)15-11-7-6-10-14(15)18(26-27)20(29)25-24-19(28)16-12-22-23-17(16)13-8-4-3-5-9-13/h3-12H,2H2,1H3,(H,22,23)(H,24,28)(H,25,29). The Kier molecular flexibility index (Phi) is 5.08. The largest absolute Gasteiger partial charge is 0.290 e. The first-order chi connectivity index (χ1) is 14.6. The van der Waals surface area contributed by atoms with E-state index >= 15 is 0 Å². The summed E-state index contributed by atoms with van der Waals surface area (Å²) in [6.07, 6.45) is 1.38.